The van der Waals surface area contributed by atoms with Gasteiger partial charge in [-0.05, 0) is 24.3 Å². The molecule has 0 fully saturated rings. The van der Waals surface area contributed by atoms with Crippen molar-refractivity contribution in [3.8, 4) is 17.1 Å². The lowest BCUT2D eigenvalue weighted by atomic mass is 10.1. The standard InChI is InChI=1S/C15H10ClFN2O/c1-20-9-6-7-10(12(17)8-9)15-18-13-5-3-2-4-11(13)14(16)19-15/h2-8H,1H3. The summed E-state index contributed by atoms with van der Waals surface area (Å²) in [6.07, 6.45) is 0. The smallest absolute Gasteiger partial charge is 0.164 e. The van der Waals surface area contributed by atoms with Gasteiger partial charge in [0.2, 0.25) is 0 Å². The van der Waals surface area contributed by atoms with Crippen molar-refractivity contribution >= 4 is 22.5 Å². The van der Waals surface area contributed by atoms with E-state index in [-0.39, 0.29) is 5.82 Å². The zero-order valence-corrected chi connectivity index (χ0v) is 11.4. The monoisotopic (exact) mass is 288 g/mol. The molecular weight excluding hydrogens is 279 g/mol. The van der Waals surface area contributed by atoms with Crippen LogP contribution >= 0.6 is 11.6 Å². The topological polar surface area (TPSA) is 35.0 Å². The number of aromatic nitrogens is 2. The number of ether oxygens (including phenoxy) is 1. The molecule has 0 aliphatic heterocycles. The van der Waals surface area contributed by atoms with Crippen molar-refractivity contribution in [2.45, 2.75) is 0 Å². The number of hydrogen-bond acceptors (Lipinski definition) is 3. The average Bonchev–Trinajstić information content (AvgIpc) is 2.47. The number of fused-ring (bicyclic) bond motifs is 1. The van der Waals surface area contributed by atoms with E-state index in [1.54, 1.807) is 12.1 Å². The van der Waals surface area contributed by atoms with Crippen molar-refractivity contribution in [2.24, 2.45) is 0 Å². The number of hydrogen-bond donors (Lipinski definition) is 0. The molecular formula is C15H10ClFN2O. The van der Waals surface area contributed by atoms with Crippen molar-refractivity contribution in [1.29, 1.82) is 0 Å². The minimum Gasteiger partial charge on any atom is -0.497 e. The Labute approximate surface area is 120 Å². The maximum atomic E-state index is 14.1. The molecule has 0 aliphatic rings. The van der Waals surface area contributed by atoms with E-state index in [1.807, 2.05) is 24.3 Å². The SMILES string of the molecule is COc1ccc(-c2nc(Cl)c3ccccc3n2)c(F)c1. The first-order chi connectivity index (χ1) is 9.69. The van der Waals surface area contributed by atoms with Crippen LogP contribution in [0.3, 0.4) is 0 Å². The van der Waals surface area contributed by atoms with Crippen molar-refractivity contribution < 1.29 is 9.13 Å². The van der Waals surface area contributed by atoms with Gasteiger partial charge in [-0.2, -0.15) is 0 Å². The second kappa shape index (κ2) is 5.06. The van der Waals surface area contributed by atoms with Gasteiger partial charge in [-0.15, -0.1) is 0 Å². The quantitative estimate of drug-likeness (QED) is 0.666. The van der Waals surface area contributed by atoms with Crippen LogP contribution in [0.2, 0.25) is 5.15 Å². The molecule has 100 valence electrons. The maximum absolute atomic E-state index is 14.1. The zero-order valence-electron chi connectivity index (χ0n) is 10.6. The predicted octanol–water partition coefficient (Wildman–Crippen LogP) is 4.10. The van der Waals surface area contributed by atoms with Crippen LogP contribution in [-0.2, 0) is 0 Å². The number of rotatable bonds is 2. The zero-order chi connectivity index (χ0) is 14.1. The Hall–Kier alpha value is -2.20. The Balaban J connectivity index is 2.19. The van der Waals surface area contributed by atoms with Crippen molar-refractivity contribution in [3.05, 3.63) is 53.4 Å². The van der Waals surface area contributed by atoms with Crippen LogP contribution in [0.15, 0.2) is 42.5 Å². The highest BCUT2D eigenvalue weighted by molar-refractivity contribution is 6.34. The Morgan fingerprint density at radius 2 is 1.90 bits per heavy atom. The summed E-state index contributed by atoms with van der Waals surface area (Å²) in [5, 5.41) is 1.05. The van der Waals surface area contributed by atoms with E-state index in [0.717, 1.165) is 5.39 Å². The second-order valence-corrected chi connectivity index (χ2v) is 4.56. The first kappa shape index (κ1) is 12.8. The number of methoxy groups -OCH3 is 1. The predicted molar refractivity (Wildman–Crippen MR) is 76.5 cm³/mol. The van der Waals surface area contributed by atoms with Gasteiger partial charge in [0, 0.05) is 11.5 Å². The van der Waals surface area contributed by atoms with Gasteiger partial charge in [0.25, 0.3) is 0 Å². The van der Waals surface area contributed by atoms with Gasteiger partial charge in [0.05, 0.1) is 18.2 Å². The largest absolute Gasteiger partial charge is 0.497 e. The molecule has 0 amide bonds. The van der Waals surface area contributed by atoms with E-state index in [9.17, 15) is 4.39 Å². The molecule has 2 aromatic carbocycles. The minimum atomic E-state index is -0.448. The van der Waals surface area contributed by atoms with Crippen molar-refractivity contribution in [2.75, 3.05) is 7.11 Å². The van der Waals surface area contributed by atoms with Crippen molar-refractivity contribution in [3.63, 3.8) is 0 Å². The summed E-state index contributed by atoms with van der Waals surface area (Å²) in [6, 6.07) is 11.9. The number of nitrogens with zero attached hydrogens (tertiary/aromatic N) is 2. The van der Waals surface area contributed by atoms with Gasteiger partial charge in [-0.1, -0.05) is 23.7 Å². The van der Waals surface area contributed by atoms with Crippen LogP contribution in [0.25, 0.3) is 22.3 Å². The van der Waals surface area contributed by atoms with Gasteiger partial charge in [-0.25, -0.2) is 14.4 Å². The van der Waals surface area contributed by atoms with E-state index in [0.29, 0.717) is 22.0 Å². The summed E-state index contributed by atoms with van der Waals surface area (Å²) in [6.45, 7) is 0. The Kier molecular flexibility index (Phi) is 3.24. The third kappa shape index (κ3) is 2.18. The molecule has 3 rings (SSSR count). The Morgan fingerprint density at radius 3 is 2.65 bits per heavy atom. The number of para-hydroxylation sites is 1. The molecule has 5 heteroatoms. The molecule has 0 N–H and O–H groups in total. The molecule has 3 nitrogen and oxygen atoms in total. The fourth-order valence-corrected chi connectivity index (χ4v) is 2.20. The van der Waals surface area contributed by atoms with E-state index in [1.165, 1.54) is 13.2 Å². The highest BCUT2D eigenvalue weighted by Crippen LogP contribution is 2.27. The fraction of sp³-hybridized carbons (Fsp3) is 0.0667. The molecule has 0 unspecified atom stereocenters. The first-order valence-electron chi connectivity index (χ1n) is 5.95. The van der Waals surface area contributed by atoms with Crippen LogP contribution in [0.5, 0.6) is 5.75 Å². The highest BCUT2D eigenvalue weighted by atomic mass is 35.5. The number of benzene rings is 2. The summed E-state index contributed by atoms with van der Waals surface area (Å²) in [5.74, 6) is 0.252. The van der Waals surface area contributed by atoms with Gasteiger partial charge in [0.15, 0.2) is 5.82 Å². The summed E-state index contributed by atoms with van der Waals surface area (Å²) < 4.78 is 19.0. The Morgan fingerprint density at radius 1 is 1.10 bits per heavy atom. The van der Waals surface area contributed by atoms with Gasteiger partial charge in [0.1, 0.15) is 16.7 Å². The molecule has 1 aromatic heterocycles. The van der Waals surface area contributed by atoms with Gasteiger partial charge in [-0.3, -0.25) is 0 Å². The normalized spacial score (nSPS) is 10.8. The summed E-state index contributed by atoms with van der Waals surface area (Å²) in [4.78, 5) is 8.51. The van der Waals surface area contributed by atoms with Crippen LogP contribution in [0.1, 0.15) is 0 Å². The van der Waals surface area contributed by atoms with Crippen LogP contribution in [0.4, 0.5) is 4.39 Å². The summed E-state index contributed by atoms with van der Waals surface area (Å²) in [7, 11) is 1.48. The molecule has 0 aliphatic carbocycles. The van der Waals surface area contributed by atoms with Crippen LogP contribution < -0.4 is 4.74 Å². The van der Waals surface area contributed by atoms with E-state index < -0.39 is 5.82 Å². The lowest BCUT2D eigenvalue weighted by Gasteiger charge is -2.07. The van der Waals surface area contributed by atoms with Crippen LogP contribution in [0, 0.1) is 5.82 Å². The molecule has 3 aromatic rings. The average molecular weight is 289 g/mol. The minimum absolute atomic E-state index is 0.258. The highest BCUT2D eigenvalue weighted by Gasteiger charge is 2.12. The lowest BCUT2D eigenvalue weighted by molar-refractivity contribution is 0.411. The summed E-state index contributed by atoms with van der Waals surface area (Å²) >= 11 is 6.12. The first-order valence-corrected chi connectivity index (χ1v) is 6.33. The molecule has 20 heavy (non-hydrogen) atoms. The summed E-state index contributed by atoms with van der Waals surface area (Å²) in [5.41, 5.74) is 0.969. The van der Waals surface area contributed by atoms with E-state index in [4.69, 9.17) is 16.3 Å². The molecule has 0 spiro atoms. The molecule has 0 radical (unpaired) electrons. The van der Waals surface area contributed by atoms with Crippen LogP contribution in [-0.4, -0.2) is 17.1 Å². The third-order valence-corrected chi connectivity index (χ3v) is 3.26. The van der Waals surface area contributed by atoms with E-state index >= 15 is 0 Å². The maximum Gasteiger partial charge on any atom is 0.164 e. The third-order valence-electron chi connectivity index (χ3n) is 2.97. The van der Waals surface area contributed by atoms with Gasteiger partial charge >= 0.3 is 0 Å². The molecule has 0 bridgehead atoms. The van der Waals surface area contributed by atoms with E-state index in [2.05, 4.69) is 9.97 Å². The molecule has 0 saturated heterocycles. The van der Waals surface area contributed by atoms with Gasteiger partial charge < -0.3 is 4.74 Å². The number of halogens is 2. The molecule has 0 saturated carbocycles. The second-order valence-electron chi connectivity index (χ2n) is 4.20. The Bertz CT molecular complexity index is 792. The fourth-order valence-electron chi connectivity index (χ4n) is 1.96. The molecule has 0 atom stereocenters. The lowest BCUT2D eigenvalue weighted by Crippen LogP contribution is -1.95. The molecule has 1 heterocycles. The van der Waals surface area contributed by atoms with Crippen molar-refractivity contribution in [1.82, 2.24) is 9.97 Å².